The summed E-state index contributed by atoms with van der Waals surface area (Å²) in [6.07, 6.45) is 0. The Morgan fingerprint density at radius 1 is 1.27 bits per heavy atom. The second-order valence-electron chi connectivity index (χ2n) is 4.27. The fourth-order valence-electron chi connectivity index (χ4n) is 1.69. The predicted octanol–water partition coefficient (Wildman–Crippen LogP) is 3.16. The van der Waals surface area contributed by atoms with Crippen molar-refractivity contribution in [2.24, 2.45) is 0 Å². The lowest BCUT2D eigenvalue weighted by Crippen LogP contribution is -2.12. The monoisotopic (exact) mass is 326 g/mol. The highest BCUT2D eigenvalue weighted by molar-refractivity contribution is 7.17. The number of nitrogens with zero attached hydrogens (tertiary/aromatic N) is 1. The summed E-state index contributed by atoms with van der Waals surface area (Å²) >= 11 is 0.934. The fraction of sp³-hybridized carbons (Fsp3) is 0.214. The molecule has 116 valence electrons. The Balaban J connectivity index is 2.18. The smallest absolute Gasteiger partial charge is 0.350 e. The van der Waals surface area contributed by atoms with E-state index in [9.17, 15) is 18.4 Å². The van der Waals surface area contributed by atoms with Crippen molar-refractivity contribution in [3.63, 3.8) is 0 Å². The summed E-state index contributed by atoms with van der Waals surface area (Å²) in [5.41, 5.74) is 0.229. The summed E-state index contributed by atoms with van der Waals surface area (Å²) in [5, 5.41) is 2.55. The van der Waals surface area contributed by atoms with E-state index in [4.69, 9.17) is 4.74 Å². The minimum atomic E-state index is -0.854. The molecule has 1 aromatic heterocycles. The molecule has 1 aromatic carbocycles. The molecule has 0 spiro atoms. The number of aryl methyl sites for hydroxylation is 1. The number of aromatic nitrogens is 1. The number of ether oxygens (including phenoxy) is 1. The number of thiazole rings is 1. The summed E-state index contributed by atoms with van der Waals surface area (Å²) < 4.78 is 31.0. The van der Waals surface area contributed by atoms with Gasteiger partial charge in [0.05, 0.1) is 12.3 Å². The van der Waals surface area contributed by atoms with Gasteiger partial charge in [0, 0.05) is 11.6 Å². The number of rotatable bonds is 4. The van der Waals surface area contributed by atoms with Crippen molar-refractivity contribution in [1.82, 2.24) is 4.98 Å². The van der Waals surface area contributed by atoms with Crippen LogP contribution in [0.3, 0.4) is 0 Å². The van der Waals surface area contributed by atoms with Crippen LogP contribution in [0.15, 0.2) is 18.2 Å². The quantitative estimate of drug-likeness (QED) is 0.876. The summed E-state index contributed by atoms with van der Waals surface area (Å²) in [7, 11) is 0. The lowest BCUT2D eigenvalue weighted by atomic mass is 10.2. The maximum Gasteiger partial charge on any atom is 0.350 e. The Morgan fingerprint density at radius 2 is 1.91 bits per heavy atom. The molecule has 0 fully saturated rings. The molecule has 1 amide bonds. The standard InChI is InChI=1S/C14H12F2N2O3S/c1-3-21-13(20)11-7(2)17-14(22-11)18-12(19)8-4-9(15)6-10(16)5-8/h4-6H,3H2,1-2H3,(H,17,18,19). The largest absolute Gasteiger partial charge is 0.462 e. The number of benzene rings is 1. The molecule has 5 nitrogen and oxygen atoms in total. The van der Waals surface area contributed by atoms with Crippen LogP contribution in [0.1, 0.15) is 32.6 Å². The van der Waals surface area contributed by atoms with Crippen LogP contribution in [0.5, 0.6) is 0 Å². The Labute approximate surface area is 128 Å². The Bertz CT molecular complexity index is 711. The molecule has 2 rings (SSSR count). The first-order chi connectivity index (χ1) is 10.4. The van der Waals surface area contributed by atoms with Crippen LogP contribution in [0, 0.1) is 18.6 Å². The van der Waals surface area contributed by atoms with E-state index in [0.717, 1.165) is 23.5 Å². The van der Waals surface area contributed by atoms with E-state index in [1.807, 2.05) is 0 Å². The van der Waals surface area contributed by atoms with Crippen molar-refractivity contribution in [3.05, 3.63) is 46.0 Å². The van der Waals surface area contributed by atoms with Gasteiger partial charge in [-0.3, -0.25) is 10.1 Å². The van der Waals surface area contributed by atoms with E-state index in [1.54, 1.807) is 13.8 Å². The highest BCUT2D eigenvalue weighted by Crippen LogP contribution is 2.24. The third-order valence-electron chi connectivity index (χ3n) is 2.60. The van der Waals surface area contributed by atoms with Crippen LogP contribution < -0.4 is 5.32 Å². The lowest BCUT2D eigenvalue weighted by Gasteiger charge is -2.02. The Morgan fingerprint density at radius 3 is 2.50 bits per heavy atom. The third kappa shape index (κ3) is 3.64. The number of halogens is 2. The molecular formula is C14H12F2N2O3S. The number of anilines is 1. The minimum absolute atomic E-state index is 0.148. The van der Waals surface area contributed by atoms with Gasteiger partial charge >= 0.3 is 5.97 Å². The van der Waals surface area contributed by atoms with Crippen LogP contribution >= 0.6 is 11.3 Å². The zero-order valence-corrected chi connectivity index (χ0v) is 12.6. The van der Waals surface area contributed by atoms with E-state index in [1.165, 1.54) is 0 Å². The predicted molar refractivity (Wildman–Crippen MR) is 77.1 cm³/mol. The van der Waals surface area contributed by atoms with Gasteiger partial charge in [0.2, 0.25) is 0 Å². The number of nitrogens with one attached hydrogen (secondary N) is 1. The van der Waals surface area contributed by atoms with Crippen molar-refractivity contribution >= 4 is 28.3 Å². The number of esters is 1. The normalized spacial score (nSPS) is 10.4. The van der Waals surface area contributed by atoms with Gasteiger partial charge in [-0.15, -0.1) is 0 Å². The zero-order valence-electron chi connectivity index (χ0n) is 11.8. The molecule has 0 aliphatic rings. The Kier molecular flexibility index (Phi) is 4.81. The molecule has 0 radical (unpaired) electrons. The lowest BCUT2D eigenvalue weighted by molar-refractivity contribution is 0.0531. The molecule has 0 atom stereocenters. The summed E-state index contributed by atoms with van der Waals surface area (Å²) in [4.78, 5) is 27.9. The number of carbonyl (C=O) groups excluding carboxylic acids is 2. The van der Waals surface area contributed by atoms with Crippen molar-refractivity contribution in [1.29, 1.82) is 0 Å². The molecule has 0 aliphatic heterocycles. The van der Waals surface area contributed by atoms with Gasteiger partial charge in [-0.25, -0.2) is 18.6 Å². The van der Waals surface area contributed by atoms with Crippen LogP contribution in [0.25, 0.3) is 0 Å². The third-order valence-corrected chi connectivity index (χ3v) is 3.66. The number of carbonyl (C=O) groups is 2. The van der Waals surface area contributed by atoms with E-state index < -0.39 is 23.5 Å². The van der Waals surface area contributed by atoms with Gasteiger partial charge in [-0.1, -0.05) is 11.3 Å². The number of hydrogen-bond donors (Lipinski definition) is 1. The van der Waals surface area contributed by atoms with Gasteiger partial charge < -0.3 is 4.74 Å². The first-order valence-electron chi connectivity index (χ1n) is 6.32. The highest BCUT2D eigenvalue weighted by Gasteiger charge is 2.18. The van der Waals surface area contributed by atoms with E-state index in [2.05, 4.69) is 10.3 Å². The number of amides is 1. The van der Waals surface area contributed by atoms with Gasteiger partial charge in [0.15, 0.2) is 5.13 Å². The maximum absolute atomic E-state index is 13.1. The van der Waals surface area contributed by atoms with Gasteiger partial charge in [0.25, 0.3) is 5.91 Å². The molecule has 0 unspecified atom stereocenters. The molecule has 0 aliphatic carbocycles. The number of hydrogen-bond acceptors (Lipinski definition) is 5. The van der Waals surface area contributed by atoms with Crippen LogP contribution in [0.2, 0.25) is 0 Å². The molecule has 1 heterocycles. The SMILES string of the molecule is CCOC(=O)c1sc(NC(=O)c2cc(F)cc(F)c2)nc1C. The fourth-order valence-corrected chi connectivity index (χ4v) is 2.55. The van der Waals surface area contributed by atoms with Crippen LogP contribution in [-0.2, 0) is 4.74 Å². The molecule has 0 saturated heterocycles. The molecule has 0 bridgehead atoms. The molecule has 8 heteroatoms. The van der Waals surface area contributed by atoms with E-state index >= 15 is 0 Å². The molecular weight excluding hydrogens is 314 g/mol. The van der Waals surface area contributed by atoms with Crippen molar-refractivity contribution in [3.8, 4) is 0 Å². The van der Waals surface area contributed by atoms with Crippen molar-refractivity contribution in [2.75, 3.05) is 11.9 Å². The average Bonchev–Trinajstić information content (AvgIpc) is 2.78. The second-order valence-corrected chi connectivity index (χ2v) is 5.27. The maximum atomic E-state index is 13.1. The first kappa shape index (κ1) is 16.0. The average molecular weight is 326 g/mol. The van der Waals surface area contributed by atoms with Crippen LogP contribution in [-0.4, -0.2) is 23.5 Å². The molecule has 0 saturated carbocycles. The summed E-state index contributed by atoms with van der Waals surface area (Å²) in [6, 6.07) is 2.49. The second kappa shape index (κ2) is 6.61. The van der Waals surface area contributed by atoms with E-state index in [-0.39, 0.29) is 22.2 Å². The van der Waals surface area contributed by atoms with Gasteiger partial charge in [-0.2, -0.15) is 0 Å². The molecule has 22 heavy (non-hydrogen) atoms. The summed E-state index contributed by atoms with van der Waals surface area (Å²) in [5.74, 6) is -2.96. The molecule has 2 aromatic rings. The van der Waals surface area contributed by atoms with Crippen molar-refractivity contribution in [2.45, 2.75) is 13.8 Å². The zero-order chi connectivity index (χ0) is 16.3. The van der Waals surface area contributed by atoms with Gasteiger partial charge in [0.1, 0.15) is 16.5 Å². The summed E-state index contributed by atoms with van der Waals surface area (Å²) in [6.45, 7) is 3.50. The van der Waals surface area contributed by atoms with Gasteiger partial charge in [-0.05, 0) is 26.0 Å². The topological polar surface area (TPSA) is 68.3 Å². The molecule has 1 N–H and O–H groups in total. The Hall–Kier alpha value is -2.35. The first-order valence-corrected chi connectivity index (χ1v) is 7.14. The minimum Gasteiger partial charge on any atom is -0.462 e. The van der Waals surface area contributed by atoms with Crippen LogP contribution in [0.4, 0.5) is 13.9 Å². The highest BCUT2D eigenvalue weighted by atomic mass is 32.1. The van der Waals surface area contributed by atoms with Crippen molar-refractivity contribution < 1.29 is 23.1 Å². The van der Waals surface area contributed by atoms with E-state index in [0.29, 0.717) is 11.8 Å².